The molecule has 0 aliphatic heterocycles. The molecule has 0 atom stereocenters. The van der Waals surface area contributed by atoms with E-state index in [1.165, 1.54) is 6.07 Å². The molecule has 20 heavy (non-hydrogen) atoms. The highest BCUT2D eigenvalue weighted by molar-refractivity contribution is 5.95. The standard InChI is InChI=1S/C13H17N3O4/c14-8-13(5-1-2-6-13)15-12(18)9-3-4-10(16(19)20)11(17)7-9/h3-4,7,17H,1-2,5-6,8,14H2,(H,15,18). The van der Waals surface area contributed by atoms with Crippen molar-refractivity contribution in [3.05, 3.63) is 33.9 Å². The zero-order chi connectivity index (χ0) is 14.8. The summed E-state index contributed by atoms with van der Waals surface area (Å²) in [5, 5.41) is 23.0. The van der Waals surface area contributed by atoms with Gasteiger partial charge in [-0.3, -0.25) is 14.9 Å². The van der Waals surface area contributed by atoms with Gasteiger partial charge in [-0.1, -0.05) is 12.8 Å². The van der Waals surface area contributed by atoms with Gasteiger partial charge in [-0.2, -0.15) is 0 Å². The van der Waals surface area contributed by atoms with Gasteiger partial charge in [0.15, 0.2) is 5.75 Å². The topological polar surface area (TPSA) is 118 Å². The molecule has 0 saturated heterocycles. The molecule has 1 aliphatic rings. The summed E-state index contributed by atoms with van der Waals surface area (Å²) in [4.78, 5) is 22.1. The molecule has 4 N–H and O–H groups in total. The molecule has 7 heteroatoms. The average molecular weight is 279 g/mol. The number of carbonyl (C=O) groups excluding carboxylic acids is 1. The SMILES string of the molecule is NCC1(NC(=O)c2ccc([N+](=O)[O-])c(O)c2)CCCC1. The first-order valence-corrected chi connectivity index (χ1v) is 6.47. The Bertz CT molecular complexity index is 538. The van der Waals surface area contributed by atoms with Gasteiger partial charge < -0.3 is 16.2 Å². The molecule has 0 unspecified atom stereocenters. The monoisotopic (exact) mass is 279 g/mol. The molecule has 0 bridgehead atoms. The van der Waals surface area contributed by atoms with Gasteiger partial charge in [0.1, 0.15) is 0 Å². The number of phenolic OH excluding ortho intramolecular Hbond substituents is 1. The van der Waals surface area contributed by atoms with Crippen LogP contribution in [0, 0.1) is 10.1 Å². The first kappa shape index (κ1) is 14.3. The van der Waals surface area contributed by atoms with Crippen LogP contribution < -0.4 is 11.1 Å². The molecule has 0 aromatic heterocycles. The lowest BCUT2D eigenvalue weighted by molar-refractivity contribution is -0.385. The van der Waals surface area contributed by atoms with E-state index in [0.29, 0.717) is 6.54 Å². The van der Waals surface area contributed by atoms with Crippen molar-refractivity contribution in [1.82, 2.24) is 5.32 Å². The van der Waals surface area contributed by atoms with E-state index in [1.54, 1.807) is 0 Å². The van der Waals surface area contributed by atoms with Crippen molar-refractivity contribution in [2.24, 2.45) is 5.73 Å². The number of nitrogens with two attached hydrogens (primary N) is 1. The van der Waals surface area contributed by atoms with Gasteiger partial charge in [0.2, 0.25) is 0 Å². The van der Waals surface area contributed by atoms with Crippen molar-refractivity contribution < 1.29 is 14.8 Å². The summed E-state index contributed by atoms with van der Waals surface area (Å²) >= 11 is 0. The minimum Gasteiger partial charge on any atom is -0.502 e. The maximum atomic E-state index is 12.2. The summed E-state index contributed by atoms with van der Waals surface area (Å²) in [6, 6.07) is 3.55. The van der Waals surface area contributed by atoms with Crippen LogP contribution in [-0.2, 0) is 0 Å². The number of aromatic hydroxyl groups is 1. The number of nitro benzene ring substituents is 1. The highest BCUT2D eigenvalue weighted by Gasteiger charge is 2.34. The quantitative estimate of drug-likeness (QED) is 0.567. The number of carbonyl (C=O) groups is 1. The summed E-state index contributed by atoms with van der Waals surface area (Å²) in [6.45, 7) is 0.359. The number of nitro groups is 1. The number of nitrogens with zero attached hydrogens (tertiary/aromatic N) is 1. The van der Waals surface area contributed by atoms with Gasteiger partial charge in [0, 0.05) is 18.2 Å². The van der Waals surface area contributed by atoms with Crippen LogP contribution in [0.4, 0.5) is 5.69 Å². The number of phenols is 1. The van der Waals surface area contributed by atoms with Gasteiger partial charge in [-0.15, -0.1) is 0 Å². The van der Waals surface area contributed by atoms with E-state index < -0.39 is 21.9 Å². The van der Waals surface area contributed by atoms with E-state index in [2.05, 4.69) is 5.32 Å². The third-order valence-corrected chi connectivity index (χ3v) is 3.76. The molecule has 1 saturated carbocycles. The number of nitrogens with one attached hydrogen (secondary N) is 1. The number of rotatable bonds is 4. The van der Waals surface area contributed by atoms with E-state index in [1.807, 2.05) is 0 Å². The van der Waals surface area contributed by atoms with Crippen LogP contribution in [-0.4, -0.2) is 28.0 Å². The lowest BCUT2D eigenvalue weighted by Crippen LogP contribution is -2.51. The van der Waals surface area contributed by atoms with Crippen LogP contribution in [0.1, 0.15) is 36.0 Å². The third kappa shape index (κ3) is 2.72. The van der Waals surface area contributed by atoms with Gasteiger partial charge in [-0.25, -0.2) is 0 Å². The van der Waals surface area contributed by atoms with Crippen LogP contribution in [0.25, 0.3) is 0 Å². The van der Waals surface area contributed by atoms with Gasteiger partial charge >= 0.3 is 5.69 Å². The maximum Gasteiger partial charge on any atom is 0.310 e. The molecular weight excluding hydrogens is 262 g/mol. The minimum absolute atomic E-state index is 0.188. The number of hydrogen-bond donors (Lipinski definition) is 3. The Hall–Kier alpha value is -2.15. The fraction of sp³-hybridized carbons (Fsp3) is 0.462. The molecular formula is C13H17N3O4. The lowest BCUT2D eigenvalue weighted by Gasteiger charge is -2.28. The molecule has 1 aromatic rings. The Morgan fingerprint density at radius 3 is 2.60 bits per heavy atom. The Morgan fingerprint density at radius 2 is 2.10 bits per heavy atom. The van der Waals surface area contributed by atoms with Crippen molar-refractivity contribution in [2.45, 2.75) is 31.2 Å². The van der Waals surface area contributed by atoms with E-state index in [-0.39, 0.29) is 11.5 Å². The summed E-state index contributed by atoms with van der Waals surface area (Å²) < 4.78 is 0. The molecule has 1 amide bonds. The zero-order valence-electron chi connectivity index (χ0n) is 11.0. The third-order valence-electron chi connectivity index (χ3n) is 3.76. The van der Waals surface area contributed by atoms with Crippen molar-refractivity contribution in [3.63, 3.8) is 0 Å². The summed E-state index contributed by atoms with van der Waals surface area (Å²) in [5.41, 5.74) is 5.11. The van der Waals surface area contributed by atoms with Crippen LogP contribution in [0.2, 0.25) is 0 Å². The second-order valence-electron chi connectivity index (χ2n) is 5.11. The lowest BCUT2D eigenvalue weighted by atomic mass is 9.97. The second-order valence-corrected chi connectivity index (χ2v) is 5.11. The van der Waals surface area contributed by atoms with Gasteiger partial charge in [-0.05, 0) is 25.0 Å². The van der Waals surface area contributed by atoms with E-state index in [9.17, 15) is 20.0 Å². The fourth-order valence-corrected chi connectivity index (χ4v) is 2.56. The average Bonchev–Trinajstić information content (AvgIpc) is 2.87. The van der Waals surface area contributed by atoms with Gasteiger partial charge in [0.25, 0.3) is 5.91 Å². The molecule has 0 heterocycles. The predicted octanol–water partition coefficient (Wildman–Crippen LogP) is 1.30. The number of benzene rings is 1. The molecule has 7 nitrogen and oxygen atoms in total. The largest absolute Gasteiger partial charge is 0.502 e. The molecule has 2 rings (SSSR count). The smallest absolute Gasteiger partial charge is 0.310 e. The zero-order valence-corrected chi connectivity index (χ0v) is 11.0. The van der Waals surface area contributed by atoms with Crippen LogP contribution in [0.15, 0.2) is 18.2 Å². The number of amides is 1. The van der Waals surface area contributed by atoms with Crippen molar-refractivity contribution in [1.29, 1.82) is 0 Å². The van der Waals surface area contributed by atoms with E-state index >= 15 is 0 Å². The normalized spacial score (nSPS) is 16.9. The fourth-order valence-electron chi connectivity index (χ4n) is 2.56. The summed E-state index contributed by atoms with van der Waals surface area (Å²) in [7, 11) is 0. The van der Waals surface area contributed by atoms with Crippen molar-refractivity contribution in [2.75, 3.05) is 6.54 Å². The minimum atomic E-state index is -0.699. The molecule has 0 spiro atoms. The second kappa shape index (κ2) is 5.46. The van der Waals surface area contributed by atoms with Crippen molar-refractivity contribution >= 4 is 11.6 Å². The van der Waals surface area contributed by atoms with Crippen LogP contribution >= 0.6 is 0 Å². The Morgan fingerprint density at radius 1 is 1.45 bits per heavy atom. The van der Waals surface area contributed by atoms with Crippen molar-refractivity contribution in [3.8, 4) is 5.75 Å². The highest BCUT2D eigenvalue weighted by atomic mass is 16.6. The summed E-state index contributed by atoms with van der Waals surface area (Å²) in [6.07, 6.45) is 3.69. The number of hydrogen-bond acceptors (Lipinski definition) is 5. The van der Waals surface area contributed by atoms with E-state index in [4.69, 9.17) is 5.73 Å². The molecule has 1 aromatic carbocycles. The Labute approximate surface area is 115 Å². The highest BCUT2D eigenvalue weighted by Crippen LogP contribution is 2.30. The maximum absolute atomic E-state index is 12.2. The van der Waals surface area contributed by atoms with E-state index in [0.717, 1.165) is 37.8 Å². The molecule has 0 radical (unpaired) electrons. The van der Waals surface area contributed by atoms with Crippen LogP contribution in [0.3, 0.4) is 0 Å². The van der Waals surface area contributed by atoms with Gasteiger partial charge in [0.05, 0.1) is 10.5 Å². The molecule has 1 fully saturated rings. The Balaban J connectivity index is 2.17. The first-order valence-electron chi connectivity index (χ1n) is 6.47. The first-order chi connectivity index (χ1) is 9.47. The Kier molecular flexibility index (Phi) is 3.89. The van der Waals surface area contributed by atoms with Crippen LogP contribution in [0.5, 0.6) is 5.75 Å². The predicted molar refractivity (Wildman–Crippen MR) is 72.5 cm³/mol. The summed E-state index contributed by atoms with van der Waals surface area (Å²) in [5.74, 6) is -0.890. The molecule has 108 valence electrons. The molecule has 1 aliphatic carbocycles.